The number of methoxy groups -OCH3 is 3. The van der Waals surface area contributed by atoms with Gasteiger partial charge in [0.2, 0.25) is 0 Å². The molecule has 18 rings (SSSR count). The molecule has 14 heteroatoms. The third-order valence-electron chi connectivity index (χ3n) is 20.6. The summed E-state index contributed by atoms with van der Waals surface area (Å²) in [5.41, 5.74) is 0.309. The van der Waals surface area contributed by atoms with Gasteiger partial charge in [-0.25, -0.2) is 14.7 Å². The first kappa shape index (κ1) is 42.6. The molecule has 13 nitrogen and oxygen atoms in total. The molecule has 12 bridgehead atoms. The van der Waals surface area contributed by atoms with E-state index in [2.05, 4.69) is 0 Å². The van der Waals surface area contributed by atoms with Crippen LogP contribution in [0.3, 0.4) is 0 Å². The predicted octanol–water partition coefficient (Wildman–Crippen LogP) is 11.2. The Kier molecular flexibility index (Phi) is 9.11. The highest BCUT2D eigenvalue weighted by Gasteiger charge is 2.79. The number of rotatable bonds is 12. The Morgan fingerprint density at radius 1 is 0.382 bits per heavy atom. The summed E-state index contributed by atoms with van der Waals surface area (Å²) in [6.45, 7) is 0. The molecule has 12 aliphatic carbocycles. The van der Waals surface area contributed by atoms with Crippen LogP contribution in [0.4, 0.5) is 0 Å². The van der Waals surface area contributed by atoms with Gasteiger partial charge < -0.3 is 27.8 Å². The van der Waals surface area contributed by atoms with E-state index >= 15 is 4.57 Å². The minimum atomic E-state index is -4.62. The Bertz CT molecular complexity index is 2210. The van der Waals surface area contributed by atoms with E-state index in [4.69, 9.17) is 57.1 Å². The summed E-state index contributed by atoms with van der Waals surface area (Å²) in [5, 5.41) is 0. The van der Waals surface area contributed by atoms with Crippen molar-refractivity contribution in [2.24, 2.45) is 71.0 Å². The Labute approximate surface area is 397 Å². The summed E-state index contributed by atoms with van der Waals surface area (Å²) in [4.78, 5) is 37.3. The highest BCUT2D eigenvalue weighted by molar-refractivity contribution is 7.49. The van der Waals surface area contributed by atoms with Crippen LogP contribution in [-0.4, -0.2) is 38.1 Å². The second-order valence-electron chi connectivity index (χ2n) is 23.6. The van der Waals surface area contributed by atoms with E-state index in [1.54, 1.807) is 39.5 Å². The van der Waals surface area contributed by atoms with Gasteiger partial charge in [-0.3, -0.25) is 0 Å². The molecule has 3 saturated heterocycles. The molecule has 3 unspecified atom stereocenters. The van der Waals surface area contributed by atoms with Crippen LogP contribution in [0.25, 0.3) is 0 Å². The predicted molar refractivity (Wildman–Crippen MR) is 241 cm³/mol. The molecule has 3 spiro atoms. The lowest BCUT2D eigenvalue weighted by Crippen LogP contribution is -2.76. The van der Waals surface area contributed by atoms with Crippen molar-refractivity contribution in [3.8, 4) is 17.2 Å². The fourth-order valence-corrected chi connectivity index (χ4v) is 20.0. The van der Waals surface area contributed by atoms with Gasteiger partial charge >= 0.3 is 7.82 Å². The maximum atomic E-state index is 15.8. The van der Waals surface area contributed by atoms with Crippen molar-refractivity contribution >= 4 is 7.82 Å². The van der Waals surface area contributed by atoms with Crippen molar-refractivity contribution in [2.45, 2.75) is 130 Å². The third kappa shape index (κ3) is 5.32. The zero-order valence-electron chi connectivity index (χ0n) is 39.2. The molecule has 15 aliphatic rings. The highest BCUT2D eigenvalue weighted by Crippen LogP contribution is 2.73. The molecule has 0 N–H and O–H groups in total. The molecule has 15 fully saturated rings. The molecule has 0 amide bonds. The maximum absolute atomic E-state index is 15.8. The molecular formula is C54H63O13P. The zero-order chi connectivity index (χ0) is 45.5. The van der Waals surface area contributed by atoms with Crippen molar-refractivity contribution in [1.29, 1.82) is 0 Å². The van der Waals surface area contributed by atoms with Crippen LogP contribution in [0, 0.1) is 71.0 Å². The number of ether oxygens (including phenoxy) is 3. The minimum absolute atomic E-state index is 0.261. The molecule has 3 heterocycles. The summed E-state index contributed by atoms with van der Waals surface area (Å²) in [7, 11) is 0.442. The lowest BCUT2D eigenvalue weighted by Gasteiger charge is -2.68. The Balaban J connectivity index is 0.785. The molecule has 3 aliphatic heterocycles. The van der Waals surface area contributed by atoms with Crippen molar-refractivity contribution in [3.63, 3.8) is 0 Å². The molecule has 3 aromatic carbocycles. The van der Waals surface area contributed by atoms with Crippen LogP contribution < -0.4 is 13.6 Å². The summed E-state index contributed by atoms with van der Waals surface area (Å²) < 4.78 is 54.9. The summed E-state index contributed by atoms with van der Waals surface area (Å²) in [6, 6.07) is 22.3. The monoisotopic (exact) mass is 950 g/mol. The lowest BCUT2D eigenvalue weighted by molar-refractivity contribution is -0.645. The standard InChI is InChI=1S/C54H63O13P/c1-56-52(49(62-65-52)40-16-31-13-32(18-40)19-41(49)17-31)37-7-4-10-46(28-37)59-68(55,60-47-11-5-8-38(29-47)53(57-2)50(63-66-53)42-20-33-14-34(22-42)23-43(50)21-33)61-48-12-6-9-39(30-48)54(58-3)51(64-67-54)44-24-35-15-36(26-44)27-45(51)25-35/h4-12,28-36,40-45H,13-27H2,1-3H3. The number of hydrogen-bond donors (Lipinski definition) is 0. The second-order valence-corrected chi connectivity index (χ2v) is 25.0. The van der Waals surface area contributed by atoms with Gasteiger partial charge in [0.15, 0.2) is 16.8 Å². The molecule has 12 saturated carbocycles. The Hall–Kier alpha value is -3.07. The zero-order valence-corrected chi connectivity index (χ0v) is 40.1. The van der Waals surface area contributed by atoms with Gasteiger partial charge in [0.25, 0.3) is 17.4 Å². The van der Waals surface area contributed by atoms with Crippen LogP contribution >= 0.6 is 7.82 Å². The average molecular weight is 951 g/mol. The SMILES string of the molecule is COC1(c2cccc(OP(=O)(Oc3cccc(C4(OC)OOC45C4CC6CC(C4)CC5C6)c3)Oc3cccc(C4(OC)OOC45C4CC6CC(C4)CC5C6)c3)c2)OOC12C1CC3CC(C1)CC2C3. The lowest BCUT2D eigenvalue weighted by atomic mass is 9.47. The molecule has 3 aromatic rings. The van der Waals surface area contributed by atoms with Gasteiger partial charge in [-0.2, -0.15) is 19.2 Å². The number of phosphoric acid groups is 1. The van der Waals surface area contributed by atoms with Crippen molar-refractivity contribution in [1.82, 2.24) is 0 Å². The molecular weight excluding hydrogens is 888 g/mol. The first-order valence-electron chi connectivity index (χ1n) is 25.8. The molecule has 3 atom stereocenters. The summed E-state index contributed by atoms with van der Waals surface area (Å²) in [5.74, 6) is 3.47. The highest BCUT2D eigenvalue weighted by atomic mass is 31.2. The fourth-order valence-electron chi connectivity index (χ4n) is 18.8. The first-order chi connectivity index (χ1) is 33.1. The smallest absolute Gasteiger partial charge is 0.386 e. The van der Waals surface area contributed by atoms with E-state index in [9.17, 15) is 0 Å². The summed E-state index contributed by atoms with van der Waals surface area (Å²) >= 11 is 0. The Morgan fingerprint density at radius 2 is 0.632 bits per heavy atom. The van der Waals surface area contributed by atoms with Crippen molar-refractivity contribution in [2.75, 3.05) is 21.3 Å². The molecule has 68 heavy (non-hydrogen) atoms. The van der Waals surface area contributed by atoms with Gasteiger partial charge in [0.05, 0.1) is 0 Å². The third-order valence-corrected chi connectivity index (χ3v) is 21.9. The topological polar surface area (TPSA) is 128 Å². The maximum Gasteiger partial charge on any atom is 0.647 e. The van der Waals surface area contributed by atoms with Crippen molar-refractivity contribution < 1.29 is 61.7 Å². The van der Waals surface area contributed by atoms with Gasteiger partial charge in [-0.05, 0) is 204 Å². The molecule has 0 aromatic heterocycles. The minimum Gasteiger partial charge on any atom is -0.386 e. The normalized spacial score (nSPS) is 48.9. The van der Waals surface area contributed by atoms with Gasteiger partial charge in [0, 0.05) is 38.0 Å². The van der Waals surface area contributed by atoms with E-state index in [0.29, 0.717) is 35.5 Å². The van der Waals surface area contributed by atoms with Crippen LogP contribution in [0.2, 0.25) is 0 Å². The average Bonchev–Trinajstić information content (AvgIpc) is 3.29. The van der Waals surface area contributed by atoms with Crippen molar-refractivity contribution in [3.05, 3.63) is 89.5 Å². The van der Waals surface area contributed by atoms with Crippen LogP contribution in [0.5, 0.6) is 17.2 Å². The van der Waals surface area contributed by atoms with Crippen LogP contribution in [0.15, 0.2) is 72.8 Å². The molecule has 0 radical (unpaired) electrons. The van der Waals surface area contributed by atoms with E-state index in [-0.39, 0.29) is 17.2 Å². The van der Waals surface area contributed by atoms with Gasteiger partial charge in [-0.15, -0.1) is 0 Å². The van der Waals surface area contributed by atoms with Crippen LogP contribution in [0.1, 0.15) is 113 Å². The number of hydrogen-bond acceptors (Lipinski definition) is 13. The quantitative estimate of drug-likeness (QED) is 0.126. The molecule has 362 valence electrons. The second kappa shape index (κ2) is 14.5. The van der Waals surface area contributed by atoms with Gasteiger partial charge in [0.1, 0.15) is 17.2 Å². The largest absolute Gasteiger partial charge is 0.647 e. The number of phosphoric ester groups is 1. The number of benzene rings is 3. The fraction of sp³-hybridized carbons (Fsp3) is 0.667. The van der Waals surface area contributed by atoms with E-state index in [0.717, 1.165) is 129 Å². The summed E-state index contributed by atoms with van der Waals surface area (Å²) in [6.07, 6.45) is 17.1. The van der Waals surface area contributed by atoms with Crippen LogP contribution in [-0.2, 0) is 65.5 Å². The van der Waals surface area contributed by atoms with Gasteiger partial charge in [-0.1, -0.05) is 36.4 Å². The van der Waals surface area contributed by atoms with E-state index < -0.39 is 42.0 Å². The van der Waals surface area contributed by atoms with E-state index in [1.165, 1.54) is 19.3 Å². The Morgan fingerprint density at radius 3 is 0.838 bits per heavy atom. The first-order valence-corrected chi connectivity index (χ1v) is 27.3. The van der Waals surface area contributed by atoms with E-state index in [1.807, 2.05) is 54.6 Å².